The molecule has 0 radical (unpaired) electrons. The number of carbonyl (C=O) groups is 1. The fourth-order valence-electron chi connectivity index (χ4n) is 1.79. The third-order valence-corrected chi connectivity index (χ3v) is 2.98. The van der Waals surface area contributed by atoms with Crippen molar-refractivity contribution < 1.29 is 4.79 Å². The van der Waals surface area contributed by atoms with Crippen LogP contribution in [0.4, 0.5) is 0 Å². The lowest BCUT2D eigenvalue weighted by atomic mass is 10.1. The van der Waals surface area contributed by atoms with Gasteiger partial charge in [-0.25, -0.2) is 0 Å². The van der Waals surface area contributed by atoms with Crippen LogP contribution in [0.25, 0.3) is 6.08 Å². The van der Waals surface area contributed by atoms with Gasteiger partial charge in [0.05, 0.1) is 5.71 Å². The Balaban J connectivity index is 1.94. The molecule has 0 atom stereocenters. The maximum atomic E-state index is 11.7. The first-order valence-electron chi connectivity index (χ1n) is 7.12. The van der Waals surface area contributed by atoms with Crippen LogP contribution < -0.4 is 11.1 Å². The second kappa shape index (κ2) is 8.29. The van der Waals surface area contributed by atoms with E-state index in [9.17, 15) is 4.79 Å². The molecule has 2 rings (SSSR count). The summed E-state index contributed by atoms with van der Waals surface area (Å²) in [5.74, 6) is -0.411. The van der Waals surface area contributed by atoms with Crippen molar-refractivity contribution in [3.63, 3.8) is 0 Å². The Labute approximate surface area is 135 Å². The summed E-state index contributed by atoms with van der Waals surface area (Å²) < 4.78 is 0. The van der Waals surface area contributed by atoms with E-state index in [0.29, 0.717) is 5.71 Å². The Morgan fingerprint density at radius 2 is 1.61 bits per heavy atom. The number of amides is 1. The van der Waals surface area contributed by atoms with E-state index in [4.69, 9.17) is 5.73 Å². The van der Waals surface area contributed by atoms with Gasteiger partial charge in [0.2, 0.25) is 5.96 Å². The maximum Gasteiger partial charge on any atom is 0.250 e. The maximum absolute atomic E-state index is 11.7. The molecule has 3 N–H and O–H groups in total. The Bertz CT molecular complexity index is 734. The number of rotatable bonds is 4. The summed E-state index contributed by atoms with van der Waals surface area (Å²) >= 11 is 0. The molecular formula is C18H18N4O. The average Bonchev–Trinajstić information content (AvgIpc) is 2.59. The molecule has 0 aliphatic rings. The van der Waals surface area contributed by atoms with Gasteiger partial charge in [0, 0.05) is 6.08 Å². The van der Waals surface area contributed by atoms with Crippen molar-refractivity contribution >= 4 is 23.7 Å². The van der Waals surface area contributed by atoms with E-state index in [1.807, 2.05) is 67.6 Å². The van der Waals surface area contributed by atoms with E-state index >= 15 is 0 Å². The molecule has 2 aromatic rings. The van der Waals surface area contributed by atoms with Crippen molar-refractivity contribution in [2.45, 2.75) is 6.92 Å². The van der Waals surface area contributed by atoms with Crippen molar-refractivity contribution in [2.24, 2.45) is 15.9 Å². The van der Waals surface area contributed by atoms with Crippen LogP contribution in [0.15, 0.2) is 76.9 Å². The van der Waals surface area contributed by atoms with Gasteiger partial charge in [0.25, 0.3) is 5.91 Å². The zero-order valence-corrected chi connectivity index (χ0v) is 12.8. The summed E-state index contributed by atoms with van der Waals surface area (Å²) in [6.45, 7) is 1.82. The average molecular weight is 306 g/mol. The smallest absolute Gasteiger partial charge is 0.250 e. The zero-order chi connectivity index (χ0) is 16.5. The molecular weight excluding hydrogens is 288 g/mol. The van der Waals surface area contributed by atoms with Crippen LogP contribution >= 0.6 is 0 Å². The number of benzene rings is 2. The summed E-state index contributed by atoms with van der Waals surface area (Å²) in [6.07, 6.45) is 3.09. The molecule has 0 spiro atoms. The predicted octanol–water partition coefficient (Wildman–Crippen LogP) is 2.55. The first kappa shape index (κ1) is 16.2. The quantitative estimate of drug-likeness (QED) is 0.394. The van der Waals surface area contributed by atoms with Crippen molar-refractivity contribution in [3.05, 3.63) is 77.9 Å². The molecule has 2 aromatic carbocycles. The van der Waals surface area contributed by atoms with Crippen LogP contribution in [-0.2, 0) is 4.79 Å². The summed E-state index contributed by atoms with van der Waals surface area (Å²) in [5, 5.41) is 10.3. The third-order valence-electron chi connectivity index (χ3n) is 2.98. The number of nitrogens with two attached hydrogens (primary N) is 1. The van der Waals surface area contributed by atoms with Crippen molar-refractivity contribution in [3.8, 4) is 0 Å². The highest BCUT2D eigenvalue weighted by molar-refractivity contribution is 6.04. The van der Waals surface area contributed by atoms with Gasteiger partial charge in [-0.2, -0.15) is 5.10 Å². The Kier molecular flexibility index (Phi) is 5.82. The van der Waals surface area contributed by atoms with E-state index in [1.165, 1.54) is 6.08 Å². The van der Waals surface area contributed by atoms with E-state index in [0.717, 1.165) is 11.1 Å². The van der Waals surface area contributed by atoms with E-state index in [2.05, 4.69) is 15.5 Å². The van der Waals surface area contributed by atoms with Gasteiger partial charge in [-0.1, -0.05) is 60.7 Å². The molecule has 0 fully saturated rings. The highest BCUT2D eigenvalue weighted by Crippen LogP contribution is 2.01. The molecule has 0 aromatic heterocycles. The molecule has 0 aliphatic heterocycles. The number of hydrogen-bond acceptors (Lipinski definition) is 3. The Morgan fingerprint density at radius 1 is 1.00 bits per heavy atom. The molecule has 23 heavy (non-hydrogen) atoms. The van der Waals surface area contributed by atoms with Crippen LogP contribution in [0.1, 0.15) is 18.1 Å². The van der Waals surface area contributed by atoms with E-state index < -0.39 is 0 Å². The molecule has 0 aliphatic carbocycles. The molecule has 116 valence electrons. The highest BCUT2D eigenvalue weighted by Gasteiger charge is 1.99. The van der Waals surface area contributed by atoms with Gasteiger partial charge in [-0.05, 0) is 24.1 Å². The first-order chi connectivity index (χ1) is 11.1. The van der Waals surface area contributed by atoms with E-state index in [1.54, 1.807) is 6.08 Å². The largest absolute Gasteiger partial charge is 0.368 e. The highest BCUT2D eigenvalue weighted by atomic mass is 16.1. The van der Waals surface area contributed by atoms with Crippen LogP contribution in [0.3, 0.4) is 0 Å². The summed E-state index contributed by atoms with van der Waals surface area (Å²) in [4.78, 5) is 11.7. The predicted molar refractivity (Wildman–Crippen MR) is 93.9 cm³/mol. The fraction of sp³-hybridized carbons (Fsp3) is 0.0556. The lowest BCUT2D eigenvalue weighted by molar-refractivity contribution is -0.115. The second-order valence-corrected chi connectivity index (χ2v) is 4.77. The molecule has 0 heterocycles. The minimum atomic E-state index is -0.359. The molecule has 0 bridgehead atoms. The minimum absolute atomic E-state index is 0.0528. The Morgan fingerprint density at radius 3 is 2.26 bits per heavy atom. The third kappa shape index (κ3) is 5.59. The number of hydrogen-bond donors (Lipinski definition) is 2. The lowest BCUT2D eigenvalue weighted by Gasteiger charge is -2.00. The van der Waals surface area contributed by atoms with Crippen LogP contribution in [0, 0.1) is 0 Å². The topological polar surface area (TPSA) is 79.8 Å². The zero-order valence-electron chi connectivity index (χ0n) is 12.8. The van der Waals surface area contributed by atoms with Crippen LogP contribution in [0.2, 0.25) is 0 Å². The van der Waals surface area contributed by atoms with Crippen molar-refractivity contribution in [2.75, 3.05) is 0 Å². The number of nitrogens with one attached hydrogen (secondary N) is 1. The molecule has 0 saturated heterocycles. The summed E-state index contributed by atoms with van der Waals surface area (Å²) in [7, 11) is 0. The normalized spacial score (nSPS) is 12.4. The first-order valence-corrected chi connectivity index (χ1v) is 7.12. The van der Waals surface area contributed by atoms with Gasteiger partial charge >= 0.3 is 0 Å². The van der Waals surface area contributed by atoms with Crippen molar-refractivity contribution in [1.82, 2.24) is 5.32 Å². The van der Waals surface area contributed by atoms with Crippen LogP contribution in [0.5, 0.6) is 0 Å². The SMILES string of the molecule is C/C(=N/N=C(\N)NC(=O)/C=C/c1ccccc1)c1ccccc1. The molecule has 0 saturated carbocycles. The molecule has 0 unspecified atom stereocenters. The van der Waals surface area contributed by atoms with Gasteiger partial charge in [0.1, 0.15) is 0 Å². The van der Waals surface area contributed by atoms with Gasteiger partial charge < -0.3 is 5.73 Å². The Hall–Kier alpha value is -3.21. The van der Waals surface area contributed by atoms with Gasteiger partial charge in [0.15, 0.2) is 0 Å². The number of carbonyl (C=O) groups excluding carboxylic acids is 1. The van der Waals surface area contributed by atoms with Gasteiger partial charge in [-0.3, -0.25) is 10.1 Å². The van der Waals surface area contributed by atoms with Crippen molar-refractivity contribution in [1.29, 1.82) is 0 Å². The second-order valence-electron chi connectivity index (χ2n) is 4.77. The summed E-state index contributed by atoms with van der Waals surface area (Å²) in [5.41, 5.74) is 8.23. The molecule has 5 heteroatoms. The summed E-state index contributed by atoms with van der Waals surface area (Å²) in [6, 6.07) is 19.1. The fourth-order valence-corrected chi connectivity index (χ4v) is 1.79. The lowest BCUT2D eigenvalue weighted by Crippen LogP contribution is -2.35. The standard InChI is InChI=1S/C18H18N4O/c1-14(16-10-6-3-7-11-16)21-22-18(19)20-17(23)13-12-15-8-4-2-5-9-15/h2-13H,1H3,(H3,19,20,22,23)/b13-12+,21-14-. The monoisotopic (exact) mass is 306 g/mol. The minimum Gasteiger partial charge on any atom is -0.368 e. The number of guanidine groups is 1. The number of nitrogens with zero attached hydrogens (tertiary/aromatic N) is 2. The molecule has 1 amide bonds. The van der Waals surface area contributed by atoms with Gasteiger partial charge in [-0.15, -0.1) is 5.10 Å². The van der Waals surface area contributed by atoms with E-state index in [-0.39, 0.29) is 11.9 Å². The van der Waals surface area contributed by atoms with Crippen LogP contribution in [-0.4, -0.2) is 17.6 Å². The molecule has 5 nitrogen and oxygen atoms in total.